The number of rotatable bonds is 4. The maximum atomic E-state index is 13.0. The van der Waals surface area contributed by atoms with Crippen LogP contribution >= 0.6 is 11.6 Å². The Morgan fingerprint density at radius 2 is 1.70 bits per heavy atom. The number of alkyl halides is 3. The second kappa shape index (κ2) is 8.54. The van der Waals surface area contributed by atoms with Crippen molar-refractivity contribution in [2.24, 2.45) is 0 Å². The molecule has 5 nitrogen and oxygen atoms in total. The number of hydrogen-bond donors (Lipinski definition) is 2. The van der Waals surface area contributed by atoms with Gasteiger partial charge in [0.05, 0.1) is 22.5 Å². The minimum atomic E-state index is -4.69. The van der Waals surface area contributed by atoms with E-state index in [9.17, 15) is 22.8 Å². The second-order valence-electron chi connectivity index (χ2n) is 6.37. The summed E-state index contributed by atoms with van der Waals surface area (Å²) in [6.45, 7) is 1.72. The van der Waals surface area contributed by atoms with Crippen LogP contribution in [0, 0.1) is 6.92 Å². The fraction of sp³-hybridized carbons (Fsp3) is 0.0952. The fourth-order valence-electron chi connectivity index (χ4n) is 2.67. The van der Waals surface area contributed by atoms with Crippen LogP contribution in [0.3, 0.4) is 0 Å². The third-order valence-corrected chi connectivity index (χ3v) is 4.52. The van der Waals surface area contributed by atoms with Crippen molar-refractivity contribution in [1.82, 2.24) is 4.98 Å². The molecule has 0 unspecified atom stereocenters. The van der Waals surface area contributed by atoms with E-state index in [1.54, 1.807) is 37.4 Å². The number of benzene rings is 2. The van der Waals surface area contributed by atoms with Crippen molar-refractivity contribution >= 4 is 34.8 Å². The number of pyridine rings is 1. The molecule has 0 bridgehead atoms. The van der Waals surface area contributed by atoms with E-state index in [1.807, 2.05) is 0 Å². The van der Waals surface area contributed by atoms with Crippen molar-refractivity contribution < 1.29 is 22.8 Å². The summed E-state index contributed by atoms with van der Waals surface area (Å²) in [7, 11) is 0. The molecule has 0 atom stereocenters. The van der Waals surface area contributed by atoms with Gasteiger partial charge < -0.3 is 10.6 Å². The van der Waals surface area contributed by atoms with Crippen LogP contribution in [0.15, 0.2) is 60.9 Å². The van der Waals surface area contributed by atoms with Gasteiger partial charge >= 0.3 is 6.18 Å². The first-order valence-electron chi connectivity index (χ1n) is 8.65. The normalized spacial score (nSPS) is 11.1. The molecule has 0 aliphatic heterocycles. The van der Waals surface area contributed by atoms with Gasteiger partial charge in [0.25, 0.3) is 11.8 Å². The van der Waals surface area contributed by atoms with Gasteiger partial charge in [-0.25, -0.2) is 0 Å². The first-order chi connectivity index (χ1) is 14.1. The van der Waals surface area contributed by atoms with E-state index in [0.717, 1.165) is 6.07 Å². The van der Waals surface area contributed by atoms with E-state index < -0.39 is 28.6 Å². The molecule has 154 valence electrons. The molecule has 2 aromatic carbocycles. The lowest BCUT2D eigenvalue weighted by Crippen LogP contribution is -2.16. The topological polar surface area (TPSA) is 71.1 Å². The minimum absolute atomic E-state index is 0.214. The lowest BCUT2D eigenvalue weighted by Gasteiger charge is -2.13. The van der Waals surface area contributed by atoms with Gasteiger partial charge in [-0.2, -0.15) is 13.2 Å². The van der Waals surface area contributed by atoms with Crippen molar-refractivity contribution in [3.8, 4) is 0 Å². The highest BCUT2D eigenvalue weighted by Gasteiger charge is 2.33. The van der Waals surface area contributed by atoms with E-state index in [1.165, 1.54) is 18.3 Å². The molecular formula is C21H15ClF3N3O2. The quantitative estimate of drug-likeness (QED) is 0.565. The molecule has 0 aliphatic rings. The van der Waals surface area contributed by atoms with Crippen LogP contribution in [0.1, 0.15) is 31.8 Å². The summed E-state index contributed by atoms with van der Waals surface area (Å²) in [6.07, 6.45) is -1.63. The van der Waals surface area contributed by atoms with E-state index in [-0.39, 0.29) is 11.3 Å². The maximum Gasteiger partial charge on any atom is 0.417 e. The summed E-state index contributed by atoms with van der Waals surface area (Å²) >= 11 is 5.58. The molecule has 1 heterocycles. The number of carbonyl (C=O) groups is 2. The highest BCUT2D eigenvalue weighted by atomic mass is 35.5. The van der Waals surface area contributed by atoms with Gasteiger partial charge in [0, 0.05) is 23.0 Å². The van der Waals surface area contributed by atoms with Crippen molar-refractivity contribution in [3.05, 3.63) is 88.2 Å². The number of aromatic nitrogens is 1. The first kappa shape index (κ1) is 21.3. The molecule has 2 amide bonds. The zero-order valence-corrected chi connectivity index (χ0v) is 16.3. The van der Waals surface area contributed by atoms with Gasteiger partial charge in [0.2, 0.25) is 0 Å². The lowest BCUT2D eigenvalue weighted by molar-refractivity contribution is -0.137. The molecule has 0 saturated heterocycles. The Morgan fingerprint density at radius 1 is 0.967 bits per heavy atom. The van der Waals surface area contributed by atoms with Gasteiger partial charge in [0.1, 0.15) is 0 Å². The Morgan fingerprint density at radius 3 is 2.37 bits per heavy atom. The van der Waals surface area contributed by atoms with E-state index in [2.05, 4.69) is 15.6 Å². The smallest absolute Gasteiger partial charge is 0.322 e. The number of nitrogens with zero attached hydrogens (tertiary/aromatic N) is 1. The van der Waals surface area contributed by atoms with Crippen LogP contribution in [-0.2, 0) is 6.18 Å². The number of nitrogens with one attached hydrogen (secondary N) is 2. The Kier molecular flexibility index (Phi) is 6.07. The Balaban J connectivity index is 1.81. The molecule has 0 spiro atoms. The van der Waals surface area contributed by atoms with E-state index in [0.29, 0.717) is 22.9 Å². The number of hydrogen-bond acceptors (Lipinski definition) is 3. The van der Waals surface area contributed by atoms with Gasteiger partial charge in [-0.3, -0.25) is 14.6 Å². The highest BCUT2D eigenvalue weighted by Crippen LogP contribution is 2.35. The molecule has 1 aromatic heterocycles. The molecule has 3 aromatic rings. The van der Waals surface area contributed by atoms with Crippen LogP contribution in [-0.4, -0.2) is 16.8 Å². The van der Waals surface area contributed by atoms with Gasteiger partial charge in [-0.05, 0) is 55.0 Å². The monoisotopic (exact) mass is 433 g/mol. The summed E-state index contributed by atoms with van der Waals surface area (Å²) < 4.78 is 39.1. The largest absolute Gasteiger partial charge is 0.417 e. The van der Waals surface area contributed by atoms with Crippen LogP contribution < -0.4 is 10.6 Å². The van der Waals surface area contributed by atoms with Crippen LogP contribution in [0.2, 0.25) is 5.02 Å². The van der Waals surface area contributed by atoms with Crippen LogP contribution in [0.5, 0.6) is 0 Å². The van der Waals surface area contributed by atoms with Crippen molar-refractivity contribution in [1.29, 1.82) is 0 Å². The highest BCUT2D eigenvalue weighted by molar-refractivity contribution is 6.31. The predicted octanol–water partition coefficient (Wildman–Crippen LogP) is 5.57. The standard InChI is InChI=1S/C21H15ClF3N3O2/c1-12-4-6-14(10-16(12)20(30)28-15-3-2-8-26-11-15)27-19(29)13-5-7-18(22)17(9-13)21(23,24)25/h2-11H,1H3,(H,27,29)(H,28,30). The SMILES string of the molecule is Cc1ccc(NC(=O)c2ccc(Cl)c(C(F)(F)F)c2)cc1C(=O)Nc1cccnc1. The Bertz CT molecular complexity index is 1100. The molecule has 0 fully saturated rings. The number of anilines is 2. The summed E-state index contributed by atoms with van der Waals surface area (Å²) in [5.74, 6) is -1.18. The minimum Gasteiger partial charge on any atom is -0.322 e. The summed E-state index contributed by atoms with van der Waals surface area (Å²) in [6, 6.07) is 10.8. The fourth-order valence-corrected chi connectivity index (χ4v) is 2.89. The third kappa shape index (κ3) is 4.96. The molecule has 0 saturated carbocycles. The second-order valence-corrected chi connectivity index (χ2v) is 6.78. The molecule has 2 N–H and O–H groups in total. The average molecular weight is 434 g/mol. The summed E-state index contributed by atoms with van der Waals surface area (Å²) in [4.78, 5) is 28.9. The molecule has 3 rings (SSSR count). The number of carbonyl (C=O) groups excluding carboxylic acids is 2. The van der Waals surface area contributed by atoms with Crippen molar-refractivity contribution in [3.63, 3.8) is 0 Å². The number of halogens is 4. The van der Waals surface area contributed by atoms with E-state index >= 15 is 0 Å². The van der Waals surface area contributed by atoms with Crippen LogP contribution in [0.4, 0.5) is 24.5 Å². The molecule has 0 radical (unpaired) electrons. The van der Waals surface area contributed by atoms with Crippen molar-refractivity contribution in [2.45, 2.75) is 13.1 Å². The number of amides is 2. The molecule has 0 aliphatic carbocycles. The summed E-state index contributed by atoms with van der Waals surface area (Å²) in [5.41, 5.74) is 0.387. The molecule has 30 heavy (non-hydrogen) atoms. The zero-order valence-electron chi connectivity index (χ0n) is 15.5. The van der Waals surface area contributed by atoms with E-state index in [4.69, 9.17) is 11.6 Å². The Hall–Kier alpha value is -3.39. The predicted molar refractivity (Wildman–Crippen MR) is 108 cm³/mol. The van der Waals surface area contributed by atoms with Crippen molar-refractivity contribution in [2.75, 3.05) is 10.6 Å². The lowest BCUT2D eigenvalue weighted by atomic mass is 10.1. The summed E-state index contributed by atoms with van der Waals surface area (Å²) in [5, 5.41) is 4.69. The third-order valence-electron chi connectivity index (χ3n) is 4.19. The molecular weight excluding hydrogens is 419 g/mol. The average Bonchev–Trinajstić information content (AvgIpc) is 2.69. The Labute approximate surface area is 174 Å². The molecule has 9 heteroatoms. The zero-order chi connectivity index (χ0) is 21.9. The maximum absolute atomic E-state index is 13.0. The van der Waals surface area contributed by atoms with Gasteiger partial charge in [-0.1, -0.05) is 17.7 Å². The van der Waals surface area contributed by atoms with Gasteiger partial charge in [-0.15, -0.1) is 0 Å². The van der Waals surface area contributed by atoms with Crippen LogP contribution in [0.25, 0.3) is 0 Å². The van der Waals surface area contributed by atoms with Gasteiger partial charge in [0.15, 0.2) is 0 Å². The first-order valence-corrected chi connectivity index (χ1v) is 9.03. The number of aryl methyl sites for hydroxylation is 1.